The summed E-state index contributed by atoms with van der Waals surface area (Å²) in [6, 6.07) is 11.3. The number of fused-ring (bicyclic) bond motifs is 10. The van der Waals surface area contributed by atoms with Crippen LogP contribution in [0.25, 0.3) is 11.3 Å². The van der Waals surface area contributed by atoms with Crippen molar-refractivity contribution in [2.24, 2.45) is 16.2 Å². The SMILES string of the molecule is COCCCN(CC1(O)CCC2c3ccc(cc3C(=O)c3ccc(-c4cc(C(F)(F)F)ccc4Cl)o3)CC(O)CCC(C)=CCCC21C)C(=O)C12CCC(C)(C(=O)O1)C2(C)C. The molecule has 1 saturated heterocycles. The second-order valence-electron chi connectivity index (χ2n) is 18.9. The molecule has 4 bridgehead atoms. The molecule has 6 atom stereocenters. The third-order valence-corrected chi connectivity index (χ3v) is 15.6. The fourth-order valence-electron chi connectivity index (χ4n) is 10.8. The number of hydrogen-bond acceptors (Lipinski definition) is 8. The number of rotatable bonds is 10. The van der Waals surface area contributed by atoms with Gasteiger partial charge in [-0.1, -0.05) is 56.2 Å². The summed E-state index contributed by atoms with van der Waals surface area (Å²) in [5.41, 5.74) is -3.52. The number of nitrogens with zero attached hydrogens (tertiary/aromatic N) is 1. The lowest BCUT2D eigenvalue weighted by Gasteiger charge is -2.47. The highest BCUT2D eigenvalue weighted by atomic mass is 35.5. The van der Waals surface area contributed by atoms with Gasteiger partial charge in [0.25, 0.3) is 5.91 Å². The van der Waals surface area contributed by atoms with E-state index in [9.17, 15) is 33.0 Å². The number of ether oxygens (including phenoxy) is 2. The minimum absolute atomic E-state index is 0.00616. The Morgan fingerprint density at radius 1 is 1.00 bits per heavy atom. The zero-order valence-corrected chi connectivity index (χ0v) is 36.6. The third-order valence-electron chi connectivity index (χ3n) is 15.3. The number of alkyl halides is 3. The quantitative estimate of drug-likeness (QED) is 0.0893. The predicted octanol–water partition coefficient (Wildman–Crippen LogP) is 9.88. The number of hydrogen-bond donors (Lipinski definition) is 2. The molecule has 4 aliphatic carbocycles. The summed E-state index contributed by atoms with van der Waals surface area (Å²) < 4.78 is 58.5. The van der Waals surface area contributed by atoms with Crippen LogP contribution >= 0.6 is 11.6 Å². The van der Waals surface area contributed by atoms with Gasteiger partial charge in [-0.25, -0.2) is 0 Å². The summed E-state index contributed by atoms with van der Waals surface area (Å²) in [5.74, 6) is -1.73. The van der Waals surface area contributed by atoms with Gasteiger partial charge >= 0.3 is 12.1 Å². The largest absolute Gasteiger partial charge is 0.453 e. The standard InChI is InChI=1S/C48H57ClF3NO8/c1-29-9-7-19-44(4)36(18-20-46(44,58)28-53(23-8-24-59-6)41(56)47-22-21-45(5,42(57)61-47)43(47,2)3)33-14-11-30(25-32(54)13-10-29)26-34(33)40(55)39-17-16-38(60-39)35-27-31(48(50,51)52)12-15-37(35)49/h9,11-12,14-17,26-27,32,36,54,58H,7-8,10,13,18-25,28H2,1-6H3. The van der Waals surface area contributed by atoms with Crippen LogP contribution in [0.15, 0.2) is 64.6 Å². The van der Waals surface area contributed by atoms with Crippen molar-refractivity contribution in [3.63, 3.8) is 0 Å². The molecule has 2 aromatic carbocycles. The smallest absolute Gasteiger partial charge is 0.416 e. The number of methoxy groups -OCH3 is 1. The van der Waals surface area contributed by atoms with E-state index < -0.39 is 57.0 Å². The van der Waals surface area contributed by atoms with Gasteiger partial charge in [0, 0.05) is 42.2 Å². The number of benzene rings is 2. The van der Waals surface area contributed by atoms with Crippen molar-refractivity contribution in [2.45, 2.75) is 128 Å². The molecule has 2 saturated carbocycles. The van der Waals surface area contributed by atoms with Gasteiger partial charge in [0.05, 0.1) is 34.3 Å². The lowest BCUT2D eigenvalue weighted by molar-refractivity contribution is -0.177. The Labute approximate surface area is 360 Å². The molecule has 2 N–H and O–H groups in total. The summed E-state index contributed by atoms with van der Waals surface area (Å²) in [6.07, 6.45) is 1.49. The summed E-state index contributed by atoms with van der Waals surface area (Å²) in [5, 5.41) is 24.3. The van der Waals surface area contributed by atoms with E-state index >= 15 is 4.79 Å². The van der Waals surface area contributed by atoms with Gasteiger partial charge in [-0.15, -0.1) is 0 Å². The van der Waals surface area contributed by atoms with Gasteiger partial charge in [0.2, 0.25) is 5.78 Å². The Balaban J connectivity index is 1.29. The van der Waals surface area contributed by atoms with Crippen molar-refractivity contribution in [1.82, 2.24) is 4.90 Å². The van der Waals surface area contributed by atoms with Gasteiger partial charge in [-0.05, 0) is 131 Å². The van der Waals surface area contributed by atoms with Crippen LogP contribution in [0.5, 0.6) is 0 Å². The average molecular weight is 868 g/mol. The third kappa shape index (κ3) is 7.67. The molecule has 8 rings (SSSR count). The Morgan fingerprint density at radius 3 is 2.43 bits per heavy atom. The molecule has 3 fully saturated rings. The maximum Gasteiger partial charge on any atom is 0.416 e. The number of aliphatic hydroxyl groups excluding tert-OH is 1. The monoisotopic (exact) mass is 867 g/mol. The lowest BCUT2D eigenvalue weighted by Crippen LogP contribution is -2.60. The first kappa shape index (κ1) is 45.1. The number of carbonyl (C=O) groups excluding carboxylic acids is 3. The number of aliphatic hydroxyl groups is 2. The number of halogens is 4. The van der Waals surface area contributed by atoms with Crippen molar-refractivity contribution < 1.29 is 51.7 Å². The van der Waals surface area contributed by atoms with Crippen molar-refractivity contribution in [2.75, 3.05) is 26.8 Å². The Hall–Kier alpha value is -3.97. The summed E-state index contributed by atoms with van der Waals surface area (Å²) >= 11 is 6.35. The molecule has 330 valence electrons. The van der Waals surface area contributed by atoms with Crippen molar-refractivity contribution >= 4 is 29.3 Å². The van der Waals surface area contributed by atoms with Gasteiger partial charge in [0.15, 0.2) is 11.4 Å². The number of furan rings is 1. The minimum Gasteiger partial charge on any atom is -0.453 e. The molecule has 3 aromatic rings. The molecule has 1 aliphatic heterocycles. The van der Waals surface area contributed by atoms with Crippen molar-refractivity contribution in [3.05, 3.63) is 93.2 Å². The van der Waals surface area contributed by atoms with E-state index in [4.69, 9.17) is 25.5 Å². The second kappa shape index (κ2) is 16.3. The fraction of sp³-hybridized carbons (Fsp3) is 0.562. The number of allylic oxidation sites excluding steroid dienone is 2. The van der Waals surface area contributed by atoms with Gasteiger partial charge < -0.3 is 29.0 Å². The molecule has 1 aromatic heterocycles. The normalized spacial score (nSPS) is 29.8. The van der Waals surface area contributed by atoms with Crippen LogP contribution in [-0.4, -0.2) is 76.9 Å². The minimum atomic E-state index is -4.62. The molecular weight excluding hydrogens is 811 g/mol. The predicted molar refractivity (Wildman–Crippen MR) is 224 cm³/mol. The molecular formula is C48H57ClF3NO8. The number of carbonyl (C=O) groups is 3. The second-order valence-corrected chi connectivity index (χ2v) is 19.3. The van der Waals surface area contributed by atoms with E-state index in [2.05, 4.69) is 6.08 Å². The summed E-state index contributed by atoms with van der Waals surface area (Å²) in [7, 11) is 1.59. The number of amides is 1. The van der Waals surface area contributed by atoms with E-state index in [1.165, 1.54) is 12.1 Å². The number of esters is 1. The van der Waals surface area contributed by atoms with Crippen LogP contribution < -0.4 is 0 Å². The first-order valence-electron chi connectivity index (χ1n) is 21.3. The highest BCUT2D eigenvalue weighted by Crippen LogP contribution is 2.66. The fourth-order valence-corrected chi connectivity index (χ4v) is 11.0. The van der Waals surface area contributed by atoms with Crippen LogP contribution in [0.4, 0.5) is 13.2 Å². The maximum atomic E-state index is 15.0. The van der Waals surface area contributed by atoms with E-state index in [1.807, 2.05) is 46.8 Å². The Morgan fingerprint density at radius 2 is 1.75 bits per heavy atom. The molecule has 2 heterocycles. The van der Waals surface area contributed by atoms with E-state index in [-0.39, 0.29) is 53.5 Å². The highest BCUT2D eigenvalue weighted by Gasteiger charge is 2.76. The van der Waals surface area contributed by atoms with Crippen LogP contribution in [0.1, 0.15) is 131 Å². The van der Waals surface area contributed by atoms with E-state index in [1.54, 1.807) is 18.1 Å². The van der Waals surface area contributed by atoms with E-state index in [0.717, 1.165) is 23.8 Å². The maximum absolute atomic E-state index is 15.0. The molecule has 61 heavy (non-hydrogen) atoms. The molecule has 6 unspecified atom stereocenters. The van der Waals surface area contributed by atoms with Gasteiger partial charge in [-0.2, -0.15) is 13.2 Å². The van der Waals surface area contributed by atoms with Crippen molar-refractivity contribution in [1.29, 1.82) is 0 Å². The number of ketones is 1. The molecule has 5 aliphatic rings. The van der Waals surface area contributed by atoms with Crippen LogP contribution in [-0.2, 0) is 31.7 Å². The van der Waals surface area contributed by atoms with Crippen molar-refractivity contribution in [3.8, 4) is 11.3 Å². The van der Waals surface area contributed by atoms with E-state index in [0.29, 0.717) is 81.1 Å². The molecule has 9 nitrogen and oxygen atoms in total. The zero-order valence-electron chi connectivity index (χ0n) is 35.8. The van der Waals surface area contributed by atoms with Crippen LogP contribution in [0, 0.1) is 16.2 Å². The zero-order chi connectivity index (χ0) is 44.3. The van der Waals surface area contributed by atoms with Gasteiger partial charge in [0.1, 0.15) is 5.76 Å². The Bertz CT molecular complexity index is 2230. The first-order valence-corrected chi connectivity index (χ1v) is 21.7. The molecule has 0 radical (unpaired) electrons. The first-order chi connectivity index (χ1) is 28.6. The average Bonchev–Trinajstić information content (AvgIpc) is 3.88. The molecule has 0 spiro atoms. The summed E-state index contributed by atoms with van der Waals surface area (Å²) in [4.78, 5) is 44.7. The lowest BCUT2D eigenvalue weighted by atomic mass is 9.64. The highest BCUT2D eigenvalue weighted by molar-refractivity contribution is 6.33. The Kier molecular flexibility index (Phi) is 12.0. The summed E-state index contributed by atoms with van der Waals surface area (Å²) in [6.45, 7) is 10.4. The van der Waals surface area contributed by atoms with Crippen LogP contribution in [0.3, 0.4) is 0 Å². The topological polar surface area (TPSA) is 127 Å². The molecule has 13 heteroatoms. The van der Waals surface area contributed by atoms with Crippen LogP contribution in [0.2, 0.25) is 5.02 Å². The van der Waals surface area contributed by atoms with Gasteiger partial charge in [-0.3, -0.25) is 14.4 Å². The molecule has 1 amide bonds.